The van der Waals surface area contributed by atoms with Crippen molar-refractivity contribution in [1.29, 1.82) is 0 Å². The van der Waals surface area contributed by atoms with Crippen LogP contribution in [0.25, 0.3) is 0 Å². The predicted octanol–water partition coefficient (Wildman–Crippen LogP) is 4.58. The Labute approximate surface area is 185 Å². The van der Waals surface area contributed by atoms with Crippen LogP contribution in [0, 0.1) is 12.7 Å². The number of benzene rings is 3. The molecule has 3 aromatic carbocycles. The van der Waals surface area contributed by atoms with Gasteiger partial charge in [0.25, 0.3) is 11.8 Å². The van der Waals surface area contributed by atoms with Gasteiger partial charge in [0.2, 0.25) is 0 Å². The fraction of sp³-hybridized carbons (Fsp3) is 0.200. The molecule has 164 valence electrons. The molecule has 32 heavy (non-hydrogen) atoms. The van der Waals surface area contributed by atoms with Crippen LogP contribution in [0.4, 0.5) is 15.8 Å². The van der Waals surface area contributed by atoms with Gasteiger partial charge in [-0.05, 0) is 61.9 Å². The summed E-state index contributed by atoms with van der Waals surface area (Å²) < 4.78 is 24.7. The van der Waals surface area contributed by atoms with Crippen molar-refractivity contribution in [3.63, 3.8) is 0 Å². The number of halogens is 1. The smallest absolute Gasteiger partial charge is 0.265 e. The first-order valence-electron chi connectivity index (χ1n) is 10.3. The summed E-state index contributed by atoms with van der Waals surface area (Å²) in [6.07, 6.45) is 0.624. The van der Waals surface area contributed by atoms with Gasteiger partial charge in [-0.25, -0.2) is 4.39 Å². The molecule has 1 heterocycles. The number of ether oxygens (including phenoxy) is 2. The summed E-state index contributed by atoms with van der Waals surface area (Å²) in [5.41, 5.74) is 2.43. The maximum atomic E-state index is 13.4. The number of nitrogens with zero attached hydrogens (tertiary/aromatic N) is 1. The van der Waals surface area contributed by atoms with Gasteiger partial charge in [0.1, 0.15) is 17.3 Å². The molecule has 6 nitrogen and oxygen atoms in total. The molecule has 7 heteroatoms. The Morgan fingerprint density at radius 1 is 1.12 bits per heavy atom. The first-order chi connectivity index (χ1) is 15.5. The molecule has 0 aromatic heterocycles. The first kappa shape index (κ1) is 21.4. The van der Waals surface area contributed by atoms with E-state index in [1.165, 1.54) is 24.3 Å². The molecule has 0 saturated carbocycles. The van der Waals surface area contributed by atoms with Crippen molar-refractivity contribution in [2.24, 2.45) is 0 Å². The van der Waals surface area contributed by atoms with Crippen molar-refractivity contribution < 1.29 is 23.5 Å². The molecule has 0 spiro atoms. The average molecular weight is 434 g/mol. The lowest BCUT2D eigenvalue weighted by Gasteiger charge is -2.30. The van der Waals surface area contributed by atoms with Gasteiger partial charge >= 0.3 is 0 Å². The molecule has 3 aromatic rings. The summed E-state index contributed by atoms with van der Waals surface area (Å²) >= 11 is 0. The number of hydrogen-bond donors (Lipinski definition) is 1. The van der Waals surface area contributed by atoms with Gasteiger partial charge in [-0.1, -0.05) is 23.8 Å². The van der Waals surface area contributed by atoms with Crippen molar-refractivity contribution in [3.05, 3.63) is 83.7 Å². The zero-order valence-electron chi connectivity index (χ0n) is 17.6. The minimum atomic E-state index is -0.485. The number of aryl methyl sites for hydroxylation is 1. The van der Waals surface area contributed by atoms with Gasteiger partial charge in [-0.3, -0.25) is 9.59 Å². The monoisotopic (exact) mass is 434 g/mol. The number of nitrogens with one attached hydrogen (secondary N) is 1. The molecule has 0 fully saturated rings. The van der Waals surface area contributed by atoms with Gasteiger partial charge in [-0.2, -0.15) is 0 Å². The molecule has 0 aliphatic carbocycles. The predicted molar refractivity (Wildman–Crippen MR) is 120 cm³/mol. The third-order valence-electron chi connectivity index (χ3n) is 5.06. The molecule has 1 aliphatic heterocycles. The minimum Gasteiger partial charge on any atom is -0.494 e. The highest BCUT2D eigenvalue weighted by Crippen LogP contribution is 2.34. The molecule has 4 rings (SSSR count). The van der Waals surface area contributed by atoms with E-state index in [2.05, 4.69) is 5.32 Å². The van der Waals surface area contributed by atoms with Gasteiger partial charge < -0.3 is 19.7 Å². The minimum absolute atomic E-state index is 0.0409. The quantitative estimate of drug-likeness (QED) is 0.553. The van der Waals surface area contributed by atoms with Crippen molar-refractivity contribution >= 4 is 23.2 Å². The number of amides is 2. The number of carbonyl (C=O) groups excluding carboxylic acids is 2. The van der Waals surface area contributed by atoms with E-state index in [9.17, 15) is 14.0 Å². The van der Waals surface area contributed by atoms with Crippen LogP contribution in [0.1, 0.15) is 22.3 Å². The molecule has 1 aliphatic rings. The van der Waals surface area contributed by atoms with E-state index in [1.807, 2.05) is 31.2 Å². The Bertz CT molecular complexity index is 1130. The van der Waals surface area contributed by atoms with Crippen molar-refractivity contribution in [2.75, 3.05) is 30.0 Å². The number of carbonyl (C=O) groups is 2. The fourth-order valence-electron chi connectivity index (χ4n) is 3.41. The van der Waals surface area contributed by atoms with Crippen LogP contribution in [0.2, 0.25) is 0 Å². The molecule has 0 atom stereocenters. The first-order valence-corrected chi connectivity index (χ1v) is 10.3. The van der Waals surface area contributed by atoms with Crippen molar-refractivity contribution in [2.45, 2.75) is 13.3 Å². The summed E-state index contributed by atoms with van der Waals surface area (Å²) in [6, 6.07) is 18.3. The lowest BCUT2D eigenvalue weighted by Crippen LogP contribution is -2.39. The standard InChI is InChI=1S/C25H23FN2O4/c1-17-6-9-21(10-7-17)31-13-3-12-28-22-15-20(8-11-23(22)32-16-24(28)29)27-25(30)18-4-2-5-19(26)14-18/h2,4-11,14-15H,3,12-13,16H2,1H3,(H,27,30). The lowest BCUT2D eigenvalue weighted by molar-refractivity contribution is -0.121. The molecule has 2 amide bonds. The second-order valence-electron chi connectivity index (χ2n) is 7.50. The van der Waals surface area contributed by atoms with Crippen molar-refractivity contribution in [1.82, 2.24) is 0 Å². The molecule has 0 radical (unpaired) electrons. The topological polar surface area (TPSA) is 67.9 Å². The van der Waals surface area contributed by atoms with Gasteiger partial charge in [-0.15, -0.1) is 0 Å². The van der Waals surface area contributed by atoms with Gasteiger partial charge in [0, 0.05) is 17.8 Å². The summed E-state index contributed by atoms with van der Waals surface area (Å²) in [4.78, 5) is 26.6. The Kier molecular flexibility index (Phi) is 6.35. The number of hydrogen-bond acceptors (Lipinski definition) is 4. The Morgan fingerprint density at radius 3 is 2.72 bits per heavy atom. The van der Waals surface area contributed by atoms with E-state index >= 15 is 0 Å². The van der Waals surface area contributed by atoms with E-state index in [1.54, 1.807) is 23.1 Å². The highest BCUT2D eigenvalue weighted by molar-refractivity contribution is 6.05. The van der Waals surface area contributed by atoms with Crippen LogP contribution in [0.5, 0.6) is 11.5 Å². The maximum Gasteiger partial charge on any atom is 0.265 e. The highest BCUT2D eigenvalue weighted by atomic mass is 19.1. The van der Waals surface area contributed by atoms with Crippen LogP contribution in [0.15, 0.2) is 66.7 Å². The third-order valence-corrected chi connectivity index (χ3v) is 5.06. The van der Waals surface area contributed by atoms with E-state index in [-0.39, 0.29) is 18.1 Å². The second-order valence-corrected chi connectivity index (χ2v) is 7.50. The van der Waals surface area contributed by atoms with Crippen molar-refractivity contribution in [3.8, 4) is 11.5 Å². The van der Waals surface area contributed by atoms with Crippen LogP contribution in [-0.4, -0.2) is 31.6 Å². The second kappa shape index (κ2) is 9.51. The number of anilines is 2. The molecule has 0 unspecified atom stereocenters. The Morgan fingerprint density at radius 2 is 1.94 bits per heavy atom. The van der Waals surface area contributed by atoms with E-state index < -0.39 is 11.7 Å². The largest absolute Gasteiger partial charge is 0.494 e. The van der Waals surface area contributed by atoms with Crippen LogP contribution in [0.3, 0.4) is 0 Å². The zero-order chi connectivity index (χ0) is 22.5. The van der Waals surface area contributed by atoms with Crippen LogP contribution >= 0.6 is 0 Å². The molecular weight excluding hydrogens is 411 g/mol. The maximum absolute atomic E-state index is 13.4. The Hall–Kier alpha value is -3.87. The Balaban J connectivity index is 1.42. The van der Waals surface area contributed by atoms with Gasteiger partial charge in [0.15, 0.2) is 6.61 Å². The van der Waals surface area contributed by atoms with Crippen LogP contribution in [-0.2, 0) is 4.79 Å². The van der Waals surface area contributed by atoms with E-state index in [0.717, 1.165) is 11.3 Å². The lowest BCUT2D eigenvalue weighted by atomic mass is 10.1. The number of fused-ring (bicyclic) bond motifs is 1. The summed E-state index contributed by atoms with van der Waals surface area (Å²) in [5, 5.41) is 2.74. The highest BCUT2D eigenvalue weighted by Gasteiger charge is 2.25. The fourth-order valence-corrected chi connectivity index (χ4v) is 3.41. The van der Waals surface area contributed by atoms with Crippen LogP contribution < -0.4 is 19.7 Å². The molecule has 1 N–H and O–H groups in total. The SMILES string of the molecule is Cc1ccc(OCCCN2C(=O)COc3ccc(NC(=O)c4cccc(F)c4)cc32)cc1. The number of rotatable bonds is 7. The molecule has 0 bridgehead atoms. The summed E-state index contributed by atoms with van der Waals surface area (Å²) in [7, 11) is 0. The summed E-state index contributed by atoms with van der Waals surface area (Å²) in [5.74, 6) is 0.257. The van der Waals surface area contributed by atoms with Gasteiger partial charge in [0.05, 0.1) is 12.3 Å². The van der Waals surface area contributed by atoms with E-state index in [4.69, 9.17) is 9.47 Å². The summed E-state index contributed by atoms with van der Waals surface area (Å²) in [6.45, 7) is 2.88. The van der Waals surface area contributed by atoms with E-state index in [0.29, 0.717) is 36.7 Å². The molecule has 0 saturated heterocycles. The average Bonchev–Trinajstić information content (AvgIpc) is 2.79. The third kappa shape index (κ3) is 5.06. The normalized spacial score (nSPS) is 12.7. The zero-order valence-corrected chi connectivity index (χ0v) is 17.6. The molecular formula is C25H23FN2O4.